The number of hydrogen-bond donors (Lipinski definition) is 0. The molecule has 3 rings (SSSR count). The maximum Gasteiger partial charge on any atom is 0.254 e. The Balaban J connectivity index is 1.89. The van der Waals surface area contributed by atoms with Crippen molar-refractivity contribution in [3.8, 4) is 0 Å². The second-order valence-electron chi connectivity index (χ2n) is 5.21. The molecule has 0 N–H and O–H groups in total. The van der Waals surface area contributed by atoms with Gasteiger partial charge in [0.1, 0.15) is 0 Å². The summed E-state index contributed by atoms with van der Waals surface area (Å²) in [7, 11) is 3.69. The molecule has 4 nitrogen and oxygen atoms in total. The fraction of sp³-hybridized carbons (Fsp3) is 0.176. The predicted octanol–water partition coefficient (Wildman–Crippen LogP) is 2.85. The maximum atomic E-state index is 12.7. The van der Waals surface area contributed by atoms with Gasteiger partial charge in [0.15, 0.2) is 0 Å². The zero-order valence-corrected chi connectivity index (χ0v) is 12.2. The molecule has 106 valence electrons. The molecule has 0 bridgehead atoms. The number of nitrogens with zero attached hydrogens (tertiary/aromatic N) is 3. The van der Waals surface area contributed by atoms with Gasteiger partial charge in [-0.1, -0.05) is 36.4 Å². The first kappa shape index (κ1) is 13.4. The number of benzene rings is 2. The number of aryl methyl sites for hydroxylation is 1. The van der Waals surface area contributed by atoms with Crippen molar-refractivity contribution in [2.45, 2.75) is 6.54 Å². The Bertz CT molecular complexity index is 786. The van der Waals surface area contributed by atoms with Gasteiger partial charge in [-0.15, -0.1) is 0 Å². The van der Waals surface area contributed by atoms with Crippen molar-refractivity contribution in [3.05, 3.63) is 66.0 Å². The van der Waals surface area contributed by atoms with Gasteiger partial charge in [-0.05, 0) is 16.8 Å². The summed E-state index contributed by atoms with van der Waals surface area (Å²) in [5, 5.41) is 6.20. The highest BCUT2D eigenvalue weighted by Gasteiger charge is 2.15. The highest BCUT2D eigenvalue weighted by molar-refractivity contribution is 6.06. The number of aromatic nitrogens is 2. The minimum atomic E-state index is 0.0238. The first-order valence-electron chi connectivity index (χ1n) is 6.86. The van der Waals surface area contributed by atoms with Crippen LogP contribution >= 0.6 is 0 Å². The number of amides is 1. The van der Waals surface area contributed by atoms with E-state index in [9.17, 15) is 4.79 Å². The van der Waals surface area contributed by atoms with Crippen molar-refractivity contribution in [3.63, 3.8) is 0 Å². The Hall–Kier alpha value is -2.62. The molecule has 0 saturated carbocycles. The lowest BCUT2D eigenvalue weighted by atomic mass is 10.0. The Morgan fingerprint density at radius 3 is 2.71 bits per heavy atom. The average Bonchev–Trinajstić information content (AvgIpc) is 2.91. The van der Waals surface area contributed by atoms with Gasteiger partial charge in [-0.2, -0.15) is 5.10 Å². The Kier molecular flexibility index (Phi) is 3.44. The van der Waals surface area contributed by atoms with Crippen molar-refractivity contribution in [2.24, 2.45) is 7.05 Å². The van der Waals surface area contributed by atoms with E-state index in [1.54, 1.807) is 15.8 Å². The van der Waals surface area contributed by atoms with Crippen molar-refractivity contribution in [1.82, 2.24) is 14.7 Å². The molecular formula is C17H17N3O. The zero-order chi connectivity index (χ0) is 14.8. The number of carbonyl (C=O) groups excluding carboxylic acids is 1. The minimum absolute atomic E-state index is 0.0238. The molecule has 0 spiro atoms. The molecule has 0 aliphatic carbocycles. The lowest BCUT2D eigenvalue weighted by molar-refractivity contribution is 0.0787. The van der Waals surface area contributed by atoms with Crippen LogP contribution in [0.3, 0.4) is 0 Å². The van der Waals surface area contributed by atoms with Crippen LogP contribution in [-0.4, -0.2) is 27.6 Å². The Morgan fingerprint density at radius 1 is 1.19 bits per heavy atom. The van der Waals surface area contributed by atoms with E-state index >= 15 is 0 Å². The second kappa shape index (κ2) is 5.40. The number of rotatable bonds is 3. The van der Waals surface area contributed by atoms with Crippen LogP contribution in [0.2, 0.25) is 0 Å². The van der Waals surface area contributed by atoms with Crippen LogP contribution < -0.4 is 0 Å². The third-order valence-electron chi connectivity index (χ3n) is 3.54. The molecule has 1 aromatic heterocycles. The van der Waals surface area contributed by atoms with Crippen molar-refractivity contribution >= 4 is 16.7 Å². The maximum absolute atomic E-state index is 12.7. The van der Waals surface area contributed by atoms with Crippen molar-refractivity contribution in [1.29, 1.82) is 0 Å². The van der Waals surface area contributed by atoms with Gasteiger partial charge in [-0.25, -0.2) is 0 Å². The molecule has 3 aromatic rings. The molecule has 0 aliphatic heterocycles. The first-order chi connectivity index (χ1) is 10.1. The van der Waals surface area contributed by atoms with Gasteiger partial charge in [0.05, 0.1) is 6.20 Å². The number of fused-ring (bicyclic) bond motifs is 1. The van der Waals surface area contributed by atoms with Crippen LogP contribution in [0, 0.1) is 0 Å². The van der Waals surface area contributed by atoms with Gasteiger partial charge in [0.2, 0.25) is 0 Å². The summed E-state index contributed by atoms with van der Waals surface area (Å²) in [4.78, 5) is 14.4. The lowest BCUT2D eigenvalue weighted by Gasteiger charge is -2.17. The zero-order valence-electron chi connectivity index (χ0n) is 12.2. The lowest BCUT2D eigenvalue weighted by Crippen LogP contribution is -2.26. The quantitative estimate of drug-likeness (QED) is 0.739. The van der Waals surface area contributed by atoms with Crippen LogP contribution in [-0.2, 0) is 13.6 Å². The number of hydrogen-bond acceptors (Lipinski definition) is 2. The first-order valence-corrected chi connectivity index (χ1v) is 6.86. The summed E-state index contributed by atoms with van der Waals surface area (Å²) >= 11 is 0. The number of carbonyl (C=O) groups is 1. The summed E-state index contributed by atoms with van der Waals surface area (Å²) in [6.07, 6.45) is 3.71. The molecule has 0 radical (unpaired) electrons. The van der Waals surface area contributed by atoms with E-state index in [-0.39, 0.29) is 5.91 Å². The SMILES string of the molecule is CN(Cc1cnn(C)c1)C(=O)c1cccc2ccccc12. The van der Waals surface area contributed by atoms with E-state index < -0.39 is 0 Å². The molecule has 0 fully saturated rings. The fourth-order valence-electron chi connectivity index (χ4n) is 2.52. The van der Waals surface area contributed by atoms with Gasteiger partial charge < -0.3 is 4.90 Å². The van der Waals surface area contributed by atoms with Crippen LogP contribution in [0.4, 0.5) is 0 Å². The highest BCUT2D eigenvalue weighted by atomic mass is 16.2. The molecule has 0 unspecified atom stereocenters. The molecule has 2 aromatic carbocycles. The topological polar surface area (TPSA) is 38.1 Å². The van der Waals surface area contributed by atoms with Gasteiger partial charge >= 0.3 is 0 Å². The van der Waals surface area contributed by atoms with Crippen molar-refractivity contribution < 1.29 is 4.79 Å². The summed E-state index contributed by atoms with van der Waals surface area (Å²) in [5.74, 6) is 0.0238. The summed E-state index contributed by atoms with van der Waals surface area (Å²) in [5.41, 5.74) is 1.76. The predicted molar refractivity (Wildman–Crippen MR) is 83.0 cm³/mol. The van der Waals surface area contributed by atoms with Crippen LogP contribution in [0.15, 0.2) is 54.9 Å². The van der Waals surface area contributed by atoms with Gasteiger partial charge in [0, 0.05) is 38.0 Å². The highest BCUT2D eigenvalue weighted by Crippen LogP contribution is 2.20. The van der Waals surface area contributed by atoms with Crippen LogP contribution in [0.5, 0.6) is 0 Å². The van der Waals surface area contributed by atoms with E-state index in [0.717, 1.165) is 21.9 Å². The standard InChI is InChI=1S/C17H17N3O/c1-19(11-13-10-18-20(2)12-13)17(21)16-9-5-7-14-6-3-4-8-15(14)16/h3-10,12H,11H2,1-2H3. The van der Waals surface area contributed by atoms with E-state index in [0.29, 0.717) is 6.54 Å². The van der Waals surface area contributed by atoms with E-state index in [1.165, 1.54) is 0 Å². The molecular weight excluding hydrogens is 262 g/mol. The molecule has 1 heterocycles. The molecule has 0 aliphatic rings. The largest absolute Gasteiger partial charge is 0.337 e. The summed E-state index contributed by atoms with van der Waals surface area (Å²) < 4.78 is 1.74. The molecule has 21 heavy (non-hydrogen) atoms. The Morgan fingerprint density at radius 2 is 1.95 bits per heavy atom. The summed E-state index contributed by atoms with van der Waals surface area (Å²) in [6, 6.07) is 13.8. The smallest absolute Gasteiger partial charge is 0.254 e. The molecule has 0 atom stereocenters. The monoisotopic (exact) mass is 279 g/mol. The summed E-state index contributed by atoms with van der Waals surface area (Å²) in [6.45, 7) is 0.551. The fourth-order valence-corrected chi connectivity index (χ4v) is 2.52. The third kappa shape index (κ3) is 2.65. The third-order valence-corrected chi connectivity index (χ3v) is 3.54. The van der Waals surface area contributed by atoms with E-state index in [4.69, 9.17) is 0 Å². The molecule has 1 amide bonds. The van der Waals surface area contributed by atoms with Crippen LogP contribution in [0.1, 0.15) is 15.9 Å². The van der Waals surface area contributed by atoms with Gasteiger partial charge in [0.25, 0.3) is 5.91 Å². The molecule has 4 heteroatoms. The van der Waals surface area contributed by atoms with Crippen LogP contribution in [0.25, 0.3) is 10.8 Å². The van der Waals surface area contributed by atoms with Gasteiger partial charge in [-0.3, -0.25) is 9.48 Å². The van der Waals surface area contributed by atoms with E-state index in [1.807, 2.05) is 62.8 Å². The minimum Gasteiger partial charge on any atom is -0.337 e. The normalized spacial score (nSPS) is 10.8. The van der Waals surface area contributed by atoms with Crippen molar-refractivity contribution in [2.75, 3.05) is 7.05 Å². The molecule has 0 saturated heterocycles. The van der Waals surface area contributed by atoms with E-state index in [2.05, 4.69) is 5.10 Å². The second-order valence-corrected chi connectivity index (χ2v) is 5.21. The average molecular weight is 279 g/mol. The Labute approximate surface area is 123 Å².